The molecule has 126 valence electrons. The Morgan fingerprint density at radius 3 is 2.71 bits per heavy atom. The Balaban J connectivity index is 1.85. The predicted molar refractivity (Wildman–Crippen MR) is 89.6 cm³/mol. The topological polar surface area (TPSA) is 75.4 Å². The van der Waals surface area contributed by atoms with Crippen LogP contribution in [0.25, 0.3) is 5.69 Å². The average molecular weight is 348 g/mol. The van der Waals surface area contributed by atoms with Crippen LogP contribution in [-0.4, -0.2) is 44.8 Å². The van der Waals surface area contributed by atoms with Crippen molar-refractivity contribution >= 4 is 23.5 Å². The predicted octanol–water partition coefficient (Wildman–Crippen LogP) is 2.77. The number of hydrogen-bond donors (Lipinski definition) is 1. The molecule has 7 heteroatoms. The average Bonchev–Trinajstić information content (AvgIpc) is 3.11. The molecule has 1 aliphatic rings. The highest BCUT2D eigenvalue weighted by Crippen LogP contribution is 2.31. The SMILES string of the molecule is Cc1cc(C(=O)N2CCC(C)(C(=O)O)C2)nn1-c1cccc(Cl)c1. The number of rotatable bonds is 3. The smallest absolute Gasteiger partial charge is 0.311 e. The molecule has 1 amide bonds. The molecule has 3 rings (SSSR count). The number of carbonyl (C=O) groups excluding carboxylic acids is 1. The second-order valence-corrected chi connectivity index (χ2v) is 6.84. The van der Waals surface area contributed by atoms with Gasteiger partial charge < -0.3 is 10.0 Å². The quantitative estimate of drug-likeness (QED) is 0.926. The summed E-state index contributed by atoms with van der Waals surface area (Å²) in [4.78, 5) is 25.5. The Morgan fingerprint density at radius 1 is 1.33 bits per heavy atom. The summed E-state index contributed by atoms with van der Waals surface area (Å²) < 4.78 is 1.66. The zero-order valence-corrected chi connectivity index (χ0v) is 14.2. The summed E-state index contributed by atoms with van der Waals surface area (Å²) in [5.74, 6) is -1.12. The van der Waals surface area contributed by atoms with Crippen molar-refractivity contribution in [2.75, 3.05) is 13.1 Å². The van der Waals surface area contributed by atoms with Crippen molar-refractivity contribution in [3.8, 4) is 5.69 Å². The van der Waals surface area contributed by atoms with E-state index in [1.54, 1.807) is 34.7 Å². The minimum absolute atomic E-state index is 0.199. The highest BCUT2D eigenvalue weighted by atomic mass is 35.5. The normalized spacial score (nSPS) is 20.4. The van der Waals surface area contributed by atoms with Crippen molar-refractivity contribution in [3.63, 3.8) is 0 Å². The van der Waals surface area contributed by atoms with Crippen LogP contribution in [0.1, 0.15) is 29.5 Å². The van der Waals surface area contributed by atoms with Crippen LogP contribution in [0.15, 0.2) is 30.3 Å². The third-order valence-electron chi connectivity index (χ3n) is 4.44. The van der Waals surface area contributed by atoms with Gasteiger partial charge in [-0.15, -0.1) is 0 Å². The fourth-order valence-corrected chi connectivity index (χ4v) is 3.10. The standard InChI is InChI=1S/C17H18ClN3O3/c1-11-8-14(19-21(11)13-5-3-4-12(18)9-13)15(22)20-7-6-17(2,10-20)16(23)24/h3-5,8-9H,6-7,10H2,1-2H3,(H,23,24). The van der Waals surface area contributed by atoms with E-state index < -0.39 is 11.4 Å². The number of carboxylic acids is 1. The summed E-state index contributed by atoms with van der Waals surface area (Å²) in [5.41, 5.74) is 0.999. The number of carbonyl (C=O) groups is 2. The van der Waals surface area contributed by atoms with Gasteiger partial charge in [0, 0.05) is 23.8 Å². The fourth-order valence-electron chi connectivity index (χ4n) is 2.92. The number of nitrogens with zero attached hydrogens (tertiary/aromatic N) is 3. The van der Waals surface area contributed by atoms with Gasteiger partial charge in [0.2, 0.25) is 0 Å². The molecule has 1 aliphatic heterocycles. The number of carboxylic acid groups (broad SMARTS) is 1. The molecule has 0 bridgehead atoms. The molecular weight excluding hydrogens is 330 g/mol. The van der Waals surface area contributed by atoms with Gasteiger partial charge in [-0.2, -0.15) is 5.10 Å². The van der Waals surface area contributed by atoms with Crippen LogP contribution in [0.2, 0.25) is 5.02 Å². The Morgan fingerprint density at radius 2 is 2.08 bits per heavy atom. The molecule has 0 spiro atoms. The minimum Gasteiger partial charge on any atom is -0.481 e. The molecule has 1 aromatic heterocycles. The van der Waals surface area contributed by atoms with Crippen molar-refractivity contribution in [2.24, 2.45) is 5.41 Å². The summed E-state index contributed by atoms with van der Waals surface area (Å²) in [7, 11) is 0. The summed E-state index contributed by atoms with van der Waals surface area (Å²) in [5, 5.41) is 14.3. The lowest BCUT2D eigenvalue weighted by atomic mass is 9.90. The molecule has 1 unspecified atom stereocenters. The molecule has 0 aliphatic carbocycles. The van der Waals surface area contributed by atoms with Gasteiger partial charge in [-0.1, -0.05) is 17.7 Å². The highest BCUT2D eigenvalue weighted by Gasteiger charge is 2.42. The lowest BCUT2D eigenvalue weighted by molar-refractivity contribution is -0.147. The Hall–Kier alpha value is -2.34. The van der Waals surface area contributed by atoms with Crippen molar-refractivity contribution in [3.05, 3.63) is 46.7 Å². The minimum atomic E-state index is -0.889. The van der Waals surface area contributed by atoms with E-state index >= 15 is 0 Å². The second kappa shape index (κ2) is 5.94. The highest BCUT2D eigenvalue weighted by molar-refractivity contribution is 6.30. The summed E-state index contributed by atoms with van der Waals surface area (Å²) in [6, 6.07) is 8.93. The fraction of sp³-hybridized carbons (Fsp3) is 0.353. The molecule has 2 heterocycles. The van der Waals surface area contributed by atoms with Gasteiger partial charge in [-0.3, -0.25) is 9.59 Å². The molecule has 2 aromatic rings. The van der Waals surface area contributed by atoms with Gasteiger partial charge in [0.25, 0.3) is 5.91 Å². The summed E-state index contributed by atoms with van der Waals surface area (Å²) in [6.07, 6.45) is 0.446. The van der Waals surface area contributed by atoms with Crippen molar-refractivity contribution in [1.82, 2.24) is 14.7 Å². The Kier molecular flexibility index (Phi) is 4.09. The largest absolute Gasteiger partial charge is 0.481 e. The summed E-state index contributed by atoms with van der Waals surface area (Å²) >= 11 is 6.01. The van der Waals surface area contributed by atoms with Gasteiger partial charge >= 0.3 is 5.97 Å². The molecule has 1 fully saturated rings. The van der Waals surface area contributed by atoms with E-state index in [1.807, 2.05) is 19.1 Å². The molecule has 1 aromatic carbocycles. The van der Waals surface area contributed by atoms with Crippen LogP contribution in [-0.2, 0) is 4.79 Å². The van der Waals surface area contributed by atoms with E-state index in [-0.39, 0.29) is 12.5 Å². The monoisotopic (exact) mass is 347 g/mol. The van der Waals surface area contributed by atoms with Crippen LogP contribution in [0.5, 0.6) is 0 Å². The van der Waals surface area contributed by atoms with Crippen molar-refractivity contribution in [1.29, 1.82) is 0 Å². The molecule has 1 saturated heterocycles. The maximum absolute atomic E-state index is 12.7. The molecule has 6 nitrogen and oxygen atoms in total. The van der Waals surface area contributed by atoms with Crippen molar-refractivity contribution < 1.29 is 14.7 Å². The van der Waals surface area contributed by atoms with Crippen molar-refractivity contribution in [2.45, 2.75) is 20.3 Å². The molecule has 1 N–H and O–H groups in total. The third-order valence-corrected chi connectivity index (χ3v) is 4.67. The van der Waals surface area contributed by atoms with Crippen LogP contribution in [0.3, 0.4) is 0 Å². The Labute approximate surface area is 144 Å². The number of benzene rings is 1. The molecule has 0 saturated carbocycles. The number of amides is 1. The first kappa shape index (κ1) is 16.5. The van der Waals surface area contributed by atoms with Crippen LogP contribution < -0.4 is 0 Å². The van der Waals surface area contributed by atoms with Gasteiger partial charge in [-0.25, -0.2) is 4.68 Å². The number of aromatic nitrogens is 2. The second-order valence-electron chi connectivity index (χ2n) is 6.41. The first-order valence-electron chi connectivity index (χ1n) is 7.65. The van der Waals surface area contributed by atoms with E-state index in [0.29, 0.717) is 23.7 Å². The lowest BCUT2D eigenvalue weighted by Gasteiger charge is -2.19. The first-order valence-corrected chi connectivity index (χ1v) is 8.03. The molecule has 24 heavy (non-hydrogen) atoms. The van der Waals surface area contributed by atoms with Gasteiger partial charge in [0.1, 0.15) is 0 Å². The summed E-state index contributed by atoms with van der Waals surface area (Å²) in [6.45, 7) is 4.14. The van der Waals surface area contributed by atoms with Crippen LogP contribution in [0.4, 0.5) is 0 Å². The van der Waals surface area contributed by atoms with E-state index in [1.165, 1.54) is 0 Å². The number of hydrogen-bond acceptors (Lipinski definition) is 3. The van der Waals surface area contributed by atoms with Crippen LogP contribution in [0, 0.1) is 12.3 Å². The van der Waals surface area contributed by atoms with E-state index in [9.17, 15) is 14.7 Å². The number of aliphatic carboxylic acids is 1. The van der Waals surface area contributed by atoms with E-state index in [0.717, 1.165) is 11.4 Å². The van der Waals surface area contributed by atoms with E-state index in [2.05, 4.69) is 5.10 Å². The zero-order chi connectivity index (χ0) is 17.5. The maximum atomic E-state index is 12.7. The number of halogens is 1. The van der Waals surface area contributed by atoms with Crippen LogP contribution >= 0.6 is 11.6 Å². The van der Waals surface area contributed by atoms with E-state index in [4.69, 9.17) is 11.6 Å². The number of likely N-dealkylation sites (tertiary alicyclic amines) is 1. The van der Waals surface area contributed by atoms with Gasteiger partial charge in [0.05, 0.1) is 11.1 Å². The first-order chi connectivity index (χ1) is 11.3. The van der Waals surface area contributed by atoms with Gasteiger partial charge in [-0.05, 0) is 44.5 Å². The Bertz CT molecular complexity index is 817. The number of aryl methyl sites for hydroxylation is 1. The van der Waals surface area contributed by atoms with Gasteiger partial charge in [0.15, 0.2) is 5.69 Å². The molecular formula is C17H18ClN3O3. The zero-order valence-electron chi connectivity index (χ0n) is 13.5. The molecule has 1 atom stereocenters. The molecule has 0 radical (unpaired) electrons. The third kappa shape index (κ3) is 2.89. The lowest BCUT2D eigenvalue weighted by Crippen LogP contribution is -2.35. The maximum Gasteiger partial charge on any atom is 0.311 e.